The van der Waals surface area contributed by atoms with Gasteiger partial charge in [-0.25, -0.2) is 0 Å². The van der Waals surface area contributed by atoms with Crippen LogP contribution in [0.15, 0.2) is 35.9 Å². The summed E-state index contributed by atoms with van der Waals surface area (Å²) in [4.78, 5) is 0. The Morgan fingerprint density at radius 3 is 2.53 bits per heavy atom. The van der Waals surface area contributed by atoms with Crippen molar-refractivity contribution in [2.75, 3.05) is 0 Å². The lowest BCUT2D eigenvalue weighted by atomic mass is 9.66. The van der Waals surface area contributed by atoms with E-state index in [1.807, 2.05) is 0 Å². The highest BCUT2D eigenvalue weighted by atomic mass is 16.5. The zero-order valence-corrected chi connectivity index (χ0v) is 12.5. The van der Waals surface area contributed by atoms with Gasteiger partial charge in [-0.2, -0.15) is 0 Å². The first-order valence-electron chi connectivity index (χ1n) is 7.31. The summed E-state index contributed by atoms with van der Waals surface area (Å²) >= 11 is 0. The van der Waals surface area contributed by atoms with Gasteiger partial charge < -0.3 is 4.74 Å². The molecule has 1 aliphatic carbocycles. The highest BCUT2D eigenvalue weighted by Crippen LogP contribution is 2.47. The zero-order valence-electron chi connectivity index (χ0n) is 12.5. The van der Waals surface area contributed by atoms with E-state index in [-0.39, 0.29) is 11.5 Å². The molecule has 0 spiro atoms. The highest BCUT2D eigenvalue weighted by molar-refractivity contribution is 5.40. The average Bonchev–Trinajstić information content (AvgIpc) is 2.68. The maximum absolute atomic E-state index is 6.16. The minimum Gasteiger partial charge on any atom is -0.485 e. The molecule has 0 saturated carbocycles. The number of para-hydroxylation sites is 1. The molecule has 1 aromatic carbocycles. The summed E-state index contributed by atoms with van der Waals surface area (Å²) in [6.07, 6.45) is 6.18. The molecule has 1 atom stereocenters. The fourth-order valence-electron chi connectivity index (χ4n) is 4.05. The van der Waals surface area contributed by atoms with E-state index in [1.165, 1.54) is 17.6 Å². The Bertz CT molecular complexity index is 497. The number of hydrogen-bond donors (Lipinski definition) is 0. The van der Waals surface area contributed by atoms with Crippen molar-refractivity contribution in [3.8, 4) is 5.75 Å². The van der Waals surface area contributed by atoms with Crippen LogP contribution in [0.1, 0.15) is 46.1 Å². The predicted molar refractivity (Wildman–Crippen MR) is 79.4 cm³/mol. The van der Waals surface area contributed by atoms with Gasteiger partial charge in [-0.15, -0.1) is 0 Å². The van der Waals surface area contributed by atoms with E-state index >= 15 is 0 Å². The summed E-state index contributed by atoms with van der Waals surface area (Å²) < 4.78 is 6.16. The largest absolute Gasteiger partial charge is 0.485 e. The molecular weight excluding hydrogens is 232 g/mol. The third kappa shape index (κ3) is 2.56. The third-order valence-electron chi connectivity index (χ3n) is 4.25. The number of hydrogen-bond acceptors (Lipinski definition) is 1. The summed E-state index contributed by atoms with van der Waals surface area (Å²) in [5.41, 5.74) is 3.52. The van der Waals surface area contributed by atoms with Crippen LogP contribution in [0.2, 0.25) is 0 Å². The van der Waals surface area contributed by atoms with Crippen LogP contribution in [0.3, 0.4) is 0 Å². The molecule has 0 fully saturated rings. The van der Waals surface area contributed by atoms with E-state index < -0.39 is 0 Å². The topological polar surface area (TPSA) is 9.23 Å². The van der Waals surface area contributed by atoms with Crippen LogP contribution in [0.4, 0.5) is 0 Å². The van der Waals surface area contributed by atoms with Gasteiger partial charge in [0.1, 0.15) is 11.9 Å². The van der Waals surface area contributed by atoms with E-state index in [2.05, 4.69) is 58.0 Å². The van der Waals surface area contributed by atoms with E-state index in [9.17, 15) is 0 Å². The molecule has 19 heavy (non-hydrogen) atoms. The number of allylic oxidation sites excluding steroid dienone is 1. The molecule has 1 aromatic rings. The summed E-state index contributed by atoms with van der Waals surface area (Å²) in [5, 5.41) is 0. The Labute approximate surface area is 116 Å². The first-order chi connectivity index (χ1) is 8.85. The quantitative estimate of drug-likeness (QED) is 0.658. The number of fused-ring (bicyclic) bond motifs is 1. The van der Waals surface area contributed by atoms with Gasteiger partial charge in [0.25, 0.3) is 0 Å². The Hall–Kier alpha value is -1.24. The molecule has 0 bridgehead atoms. The van der Waals surface area contributed by atoms with Crippen LogP contribution in [0.25, 0.3) is 0 Å². The van der Waals surface area contributed by atoms with Gasteiger partial charge in [0, 0.05) is 6.42 Å². The fourth-order valence-corrected chi connectivity index (χ4v) is 4.05. The lowest BCUT2D eigenvalue weighted by molar-refractivity contribution is 0.181. The molecule has 0 aromatic heterocycles. The van der Waals surface area contributed by atoms with Crippen molar-refractivity contribution in [1.82, 2.24) is 0 Å². The van der Waals surface area contributed by atoms with Gasteiger partial charge in [0.05, 0.1) is 0 Å². The van der Waals surface area contributed by atoms with Crippen LogP contribution < -0.4 is 4.74 Å². The Morgan fingerprint density at radius 2 is 1.84 bits per heavy atom. The molecule has 1 heterocycles. The van der Waals surface area contributed by atoms with E-state index in [0.29, 0.717) is 5.41 Å². The molecule has 1 heteroatoms. The van der Waals surface area contributed by atoms with Crippen LogP contribution in [0.5, 0.6) is 5.75 Å². The van der Waals surface area contributed by atoms with Gasteiger partial charge in [0.2, 0.25) is 0 Å². The lowest BCUT2D eigenvalue weighted by Crippen LogP contribution is -2.32. The van der Waals surface area contributed by atoms with Crippen molar-refractivity contribution in [3.05, 3.63) is 41.5 Å². The number of rotatable bonds is 1. The Morgan fingerprint density at radius 1 is 1.11 bits per heavy atom. The molecule has 1 unspecified atom stereocenters. The van der Waals surface area contributed by atoms with Crippen molar-refractivity contribution < 1.29 is 4.74 Å². The van der Waals surface area contributed by atoms with Crippen molar-refractivity contribution in [3.63, 3.8) is 0 Å². The predicted octanol–water partition coefficient (Wildman–Crippen LogP) is 4.76. The molecule has 3 rings (SSSR count). The normalized spacial score (nSPS) is 27.4. The van der Waals surface area contributed by atoms with Crippen LogP contribution in [0, 0.1) is 10.8 Å². The number of benzene rings is 1. The van der Waals surface area contributed by atoms with Gasteiger partial charge in [-0.3, -0.25) is 0 Å². The molecule has 1 aliphatic heterocycles. The second-order valence-electron chi connectivity index (χ2n) is 7.64. The average molecular weight is 256 g/mol. The number of ether oxygens (including phenoxy) is 1. The molecule has 0 radical (unpaired) electrons. The van der Waals surface area contributed by atoms with Crippen LogP contribution in [-0.2, 0) is 6.42 Å². The van der Waals surface area contributed by atoms with Crippen molar-refractivity contribution in [2.45, 2.75) is 53.1 Å². The van der Waals surface area contributed by atoms with Crippen LogP contribution in [-0.4, -0.2) is 6.10 Å². The van der Waals surface area contributed by atoms with Crippen molar-refractivity contribution >= 4 is 0 Å². The molecule has 0 N–H and O–H groups in total. The Balaban J connectivity index is 1.87. The lowest BCUT2D eigenvalue weighted by Gasteiger charge is -2.40. The van der Waals surface area contributed by atoms with Crippen molar-refractivity contribution in [1.29, 1.82) is 0 Å². The van der Waals surface area contributed by atoms with Gasteiger partial charge in [-0.1, -0.05) is 52.0 Å². The van der Waals surface area contributed by atoms with Crippen LogP contribution >= 0.6 is 0 Å². The van der Waals surface area contributed by atoms with Gasteiger partial charge >= 0.3 is 0 Å². The molecule has 102 valence electrons. The highest BCUT2D eigenvalue weighted by Gasteiger charge is 2.37. The minimum atomic E-state index is 0.260. The second kappa shape index (κ2) is 4.13. The van der Waals surface area contributed by atoms with E-state index in [4.69, 9.17) is 4.74 Å². The van der Waals surface area contributed by atoms with Gasteiger partial charge in [0.15, 0.2) is 0 Å². The second-order valence-corrected chi connectivity index (χ2v) is 7.64. The van der Waals surface area contributed by atoms with E-state index in [0.717, 1.165) is 18.6 Å². The molecule has 0 saturated heterocycles. The monoisotopic (exact) mass is 256 g/mol. The molecule has 2 aliphatic rings. The summed E-state index contributed by atoms with van der Waals surface area (Å²) in [7, 11) is 0. The first-order valence-corrected chi connectivity index (χ1v) is 7.31. The fraction of sp³-hybridized carbons (Fsp3) is 0.556. The SMILES string of the molecule is CC1(C)C=C(C2Cc3ccccc3O2)CC(C)(C)C1. The molecule has 1 nitrogen and oxygen atoms in total. The summed E-state index contributed by atoms with van der Waals surface area (Å²) in [6, 6.07) is 8.45. The smallest absolute Gasteiger partial charge is 0.124 e. The van der Waals surface area contributed by atoms with Gasteiger partial charge in [-0.05, 0) is 40.9 Å². The minimum absolute atomic E-state index is 0.260. The van der Waals surface area contributed by atoms with Crippen molar-refractivity contribution in [2.24, 2.45) is 10.8 Å². The molecule has 0 amide bonds. The first kappa shape index (κ1) is 12.8. The standard InChI is InChI=1S/C18H24O/c1-17(2)10-14(11-18(3,4)12-17)16-9-13-7-5-6-8-15(13)19-16/h5-8,10,16H,9,11-12H2,1-4H3. The maximum atomic E-state index is 6.16. The summed E-state index contributed by atoms with van der Waals surface area (Å²) in [5.74, 6) is 1.08. The zero-order chi connectivity index (χ0) is 13.7. The summed E-state index contributed by atoms with van der Waals surface area (Å²) in [6.45, 7) is 9.44. The maximum Gasteiger partial charge on any atom is 0.124 e. The Kier molecular flexibility index (Phi) is 2.78. The van der Waals surface area contributed by atoms with E-state index in [1.54, 1.807) is 0 Å². The third-order valence-corrected chi connectivity index (χ3v) is 4.25. The molecular formula is C18H24O.